The number of aromatic nitrogens is 1. The molecule has 1 aromatic heterocycles. The molecule has 0 amide bonds. The van der Waals surface area contributed by atoms with Gasteiger partial charge >= 0.3 is 7.12 Å². The van der Waals surface area contributed by atoms with Crippen LogP contribution in [0.3, 0.4) is 0 Å². The zero-order chi connectivity index (χ0) is 9.14. The van der Waals surface area contributed by atoms with Gasteiger partial charge in [-0.1, -0.05) is 11.6 Å². The molecule has 64 valence electrons. The second kappa shape index (κ2) is 3.75. The van der Waals surface area contributed by atoms with Crippen molar-refractivity contribution in [1.82, 2.24) is 4.98 Å². The van der Waals surface area contributed by atoms with Crippen molar-refractivity contribution in [1.29, 1.82) is 0 Å². The Morgan fingerprint density at radius 2 is 2.17 bits per heavy atom. The molecule has 0 aliphatic heterocycles. The van der Waals surface area contributed by atoms with Gasteiger partial charge in [0.05, 0.1) is 18.3 Å². The SMILES string of the molecule is COc1cncc(B(O)O)c1Cl. The van der Waals surface area contributed by atoms with E-state index in [2.05, 4.69) is 4.98 Å². The molecule has 0 radical (unpaired) electrons. The van der Waals surface area contributed by atoms with Crippen LogP contribution in [0.1, 0.15) is 0 Å². The van der Waals surface area contributed by atoms with Crippen LogP contribution in [0.5, 0.6) is 5.75 Å². The topological polar surface area (TPSA) is 62.6 Å². The second-order valence-electron chi connectivity index (χ2n) is 2.12. The second-order valence-corrected chi connectivity index (χ2v) is 2.50. The predicted octanol–water partition coefficient (Wildman–Crippen LogP) is -0.577. The Balaban J connectivity index is 3.14. The van der Waals surface area contributed by atoms with Crippen molar-refractivity contribution < 1.29 is 14.8 Å². The number of nitrogens with zero attached hydrogens (tertiary/aromatic N) is 1. The van der Waals surface area contributed by atoms with E-state index in [1.807, 2.05) is 0 Å². The maximum Gasteiger partial charge on any atom is 0.491 e. The van der Waals surface area contributed by atoms with Crippen LogP contribution in [0.2, 0.25) is 5.02 Å². The maximum atomic E-state index is 8.80. The lowest BCUT2D eigenvalue weighted by Gasteiger charge is -2.05. The third-order valence-corrected chi connectivity index (χ3v) is 1.78. The molecule has 0 atom stereocenters. The molecule has 12 heavy (non-hydrogen) atoms. The molecule has 0 aliphatic rings. The summed E-state index contributed by atoms with van der Waals surface area (Å²) in [5, 5.41) is 17.8. The minimum atomic E-state index is -1.62. The van der Waals surface area contributed by atoms with Crippen molar-refractivity contribution in [3.63, 3.8) is 0 Å². The van der Waals surface area contributed by atoms with Crippen LogP contribution in [0.25, 0.3) is 0 Å². The molecular formula is C6H7BClNO3. The van der Waals surface area contributed by atoms with Crippen LogP contribution in [0.4, 0.5) is 0 Å². The van der Waals surface area contributed by atoms with Gasteiger partial charge in [0.25, 0.3) is 0 Å². The summed E-state index contributed by atoms with van der Waals surface area (Å²) in [5.41, 5.74) is 0.135. The molecule has 2 N–H and O–H groups in total. The molecule has 4 nitrogen and oxygen atoms in total. The number of methoxy groups -OCH3 is 1. The summed E-state index contributed by atoms with van der Waals surface area (Å²) in [6, 6.07) is 0. The summed E-state index contributed by atoms with van der Waals surface area (Å²) in [7, 11) is -0.198. The minimum absolute atomic E-state index is 0.135. The highest BCUT2D eigenvalue weighted by Gasteiger charge is 2.18. The van der Waals surface area contributed by atoms with Gasteiger partial charge in [-0.3, -0.25) is 4.98 Å². The first kappa shape index (κ1) is 9.31. The first-order valence-corrected chi connectivity index (χ1v) is 3.58. The summed E-state index contributed by atoms with van der Waals surface area (Å²) >= 11 is 5.72. The molecule has 0 saturated heterocycles. The Kier molecular flexibility index (Phi) is 2.91. The van der Waals surface area contributed by atoms with E-state index in [1.165, 1.54) is 19.5 Å². The van der Waals surface area contributed by atoms with E-state index in [4.69, 9.17) is 26.4 Å². The Morgan fingerprint density at radius 3 is 2.67 bits per heavy atom. The molecule has 1 rings (SSSR count). The normalized spacial score (nSPS) is 9.67. The summed E-state index contributed by atoms with van der Waals surface area (Å²) in [4.78, 5) is 3.71. The van der Waals surface area contributed by atoms with Crippen molar-refractivity contribution in [3.05, 3.63) is 17.4 Å². The van der Waals surface area contributed by atoms with E-state index in [0.29, 0.717) is 5.75 Å². The van der Waals surface area contributed by atoms with E-state index in [9.17, 15) is 0 Å². The molecular weight excluding hydrogens is 180 g/mol. The van der Waals surface area contributed by atoms with E-state index < -0.39 is 7.12 Å². The van der Waals surface area contributed by atoms with Crippen LogP contribution in [-0.2, 0) is 0 Å². The van der Waals surface area contributed by atoms with Gasteiger partial charge in [0.15, 0.2) is 5.75 Å². The fraction of sp³-hybridized carbons (Fsp3) is 0.167. The van der Waals surface area contributed by atoms with E-state index >= 15 is 0 Å². The van der Waals surface area contributed by atoms with Gasteiger partial charge < -0.3 is 14.8 Å². The number of hydrogen-bond acceptors (Lipinski definition) is 4. The molecule has 1 aromatic rings. The Morgan fingerprint density at radius 1 is 1.50 bits per heavy atom. The quantitative estimate of drug-likeness (QED) is 0.608. The standard InChI is InChI=1S/C6H7BClNO3/c1-12-5-3-9-2-4(6(5)8)7(10)11/h2-3,10-11H,1H3. The van der Waals surface area contributed by atoms with Crippen molar-refractivity contribution in [2.75, 3.05) is 7.11 Å². The monoisotopic (exact) mass is 187 g/mol. The number of pyridine rings is 1. The molecule has 0 saturated carbocycles. The van der Waals surface area contributed by atoms with E-state index in [1.54, 1.807) is 0 Å². The van der Waals surface area contributed by atoms with Crippen molar-refractivity contribution in [3.8, 4) is 5.75 Å². The first-order chi connectivity index (χ1) is 5.66. The molecule has 1 heterocycles. The number of rotatable bonds is 2. The highest BCUT2D eigenvalue weighted by molar-refractivity contribution is 6.62. The third-order valence-electron chi connectivity index (χ3n) is 1.37. The molecule has 0 fully saturated rings. The number of halogens is 1. The fourth-order valence-corrected chi connectivity index (χ4v) is 1.04. The largest absolute Gasteiger partial charge is 0.494 e. The average Bonchev–Trinajstić information content (AvgIpc) is 2.04. The van der Waals surface area contributed by atoms with Crippen molar-refractivity contribution in [2.45, 2.75) is 0 Å². The molecule has 6 heteroatoms. The van der Waals surface area contributed by atoms with Gasteiger partial charge in [0.1, 0.15) is 0 Å². The Labute approximate surface area is 74.9 Å². The van der Waals surface area contributed by atoms with Crippen LogP contribution < -0.4 is 10.2 Å². The summed E-state index contributed by atoms with van der Waals surface area (Å²) in [6.45, 7) is 0. The van der Waals surface area contributed by atoms with Gasteiger partial charge in [-0.25, -0.2) is 0 Å². The molecule has 0 aliphatic carbocycles. The van der Waals surface area contributed by atoms with Crippen LogP contribution in [-0.4, -0.2) is 29.3 Å². The highest BCUT2D eigenvalue weighted by atomic mass is 35.5. The lowest BCUT2D eigenvalue weighted by Crippen LogP contribution is -2.31. The van der Waals surface area contributed by atoms with Crippen LogP contribution >= 0.6 is 11.6 Å². The molecule has 0 aromatic carbocycles. The number of ether oxygens (including phenoxy) is 1. The molecule has 0 spiro atoms. The number of hydrogen-bond donors (Lipinski definition) is 2. The van der Waals surface area contributed by atoms with Gasteiger partial charge in [0.2, 0.25) is 0 Å². The highest BCUT2D eigenvalue weighted by Crippen LogP contribution is 2.19. The fourth-order valence-electron chi connectivity index (χ4n) is 0.763. The van der Waals surface area contributed by atoms with Gasteiger partial charge in [-0.2, -0.15) is 0 Å². The van der Waals surface area contributed by atoms with Crippen molar-refractivity contribution >= 4 is 24.2 Å². The zero-order valence-electron chi connectivity index (χ0n) is 6.36. The summed E-state index contributed by atoms with van der Waals surface area (Å²) in [5.74, 6) is 0.322. The van der Waals surface area contributed by atoms with Gasteiger partial charge in [-0.05, 0) is 0 Å². The summed E-state index contributed by atoms with van der Waals surface area (Å²) < 4.78 is 4.82. The van der Waals surface area contributed by atoms with Gasteiger partial charge in [0, 0.05) is 11.7 Å². The Hall–Kier alpha value is -0.775. The minimum Gasteiger partial charge on any atom is -0.494 e. The Bertz CT molecular complexity index is 281. The van der Waals surface area contributed by atoms with Gasteiger partial charge in [-0.15, -0.1) is 0 Å². The van der Waals surface area contributed by atoms with Crippen molar-refractivity contribution in [2.24, 2.45) is 0 Å². The smallest absolute Gasteiger partial charge is 0.491 e. The summed E-state index contributed by atoms with van der Waals surface area (Å²) in [6.07, 6.45) is 2.67. The van der Waals surface area contributed by atoms with E-state index in [-0.39, 0.29) is 10.5 Å². The molecule has 0 bridgehead atoms. The van der Waals surface area contributed by atoms with Crippen LogP contribution in [0.15, 0.2) is 12.4 Å². The average molecular weight is 187 g/mol. The lowest BCUT2D eigenvalue weighted by molar-refractivity contribution is 0.410. The first-order valence-electron chi connectivity index (χ1n) is 3.20. The third kappa shape index (κ3) is 1.69. The van der Waals surface area contributed by atoms with E-state index in [0.717, 1.165) is 0 Å². The van der Waals surface area contributed by atoms with Crippen LogP contribution in [0, 0.1) is 0 Å². The lowest BCUT2D eigenvalue weighted by atomic mass is 9.81. The zero-order valence-corrected chi connectivity index (χ0v) is 7.12. The predicted molar refractivity (Wildman–Crippen MR) is 45.6 cm³/mol. The maximum absolute atomic E-state index is 8.80. The molecule has 0 unspecified atom stereocenters.